The fourth-order valence-corrected chi connectivity index (χ4v) is 1.79. The monoisotopic (exact) mass is 255 g/mol. The molecule has 5 heteroatoms. The zero-order chi connectivity index (χ0) is 13.7. The van der Waals surface area contributed by atoms with Crippen molar-refractivity contribution in [3.05, 3.63) is 35.1 Å². The van der Waals surface area contributed by atoms with Gasteiger partial charge in [-0.05, 0) is 31.2 Å². The van der Waals surface area contributed by atoms with E-state index in [4.69, 9.17) is 4.74 Å². The van der Waals surface area contributed by atoms with Crippen molar-refractivity contribution in [1.82, 2.24) is 4.90 Å². The fourth-order valence-electron chi connectivity index (χ4n) is 1.79. The number of hydrogen-bond donors (Lipinski definition) is 1. The van der Waals surface area contributed by atoms with Gasteiger partial charge in [-0.3, -0.25) is 9.69 Å². The zero-order valence-electron chi connectivity index (χ0n) is 10.8. The molecule has 0 spiro atoms. The van der Waals surface area contributed by atoms with Gasteiger partial charge in [-0.25, -0.2) is 4.39 Å². The smallest absolute Gasteiger partial charge is 0.325 e. The van der Waals surface area contributed by atoms with Crippen molar-refractivity contribution in [2.24, 2.45) is 0 Å². The van der Waals surface area contributed by atoms with Crippen LogP contribution < -0.4 is 0 Å². The lowest BCUT2D eigenvalue weighted by molar-refractivity contribution is -0.143. The Morgan fingerprint density at radius 1 is 1.56 bits per heavy atom. The van der Waals surface area contributed by atoms with Gasteiger partial charge in [-0.2, -0.15) is 0 Å². The second kappa shape index (κ2) is 6.47. The number of rotatable bonds is 6. The lowest BCUT2D eigenvalue weighted by atomic mass is 10.0. The number of carboxylic acid groups (broad SMARTS) is 1. The highest BCUT2D eigenvalue weighted by Gasteiger charge is 2.24. The highest BCUT2D eigenvalue weighted by molar-refractivity contribution is 5.75. The van der Waals surface area contributed by atoms with Crippen LogP contribution in [-0.2, 0) is 9.53 Å². The van der Waals surface area contributed by atoms with Crippen LogP contribution in [0.25, 0.3) is 0 Å². The predicted octanol–water partition coefficient (Wildman–Crippen LogP) is 1.84. The normalized spacial score (nSPS) is 12.7. The van der Waals surface area contributed by atoms with Crippen LogP contribution in [-0.4, -0.2) is 43.3 Å². The van der Waals surface area contributed by atoms with E-state index in [9.17, 15) is 14.3 Å². The lowest BCUT2D eigenvalue weighted by Gasteiger charge is -2.24. The summed E-state index contributed by atoms with van der Waals surface area (Å²) in [5.74, 6) is -1.29. The number of benzene rings is 1. The maximum Gasteiger partial charge on any atom is 0.325 e. The van der Waals surface area contributed by atoms with Crippen molar-refractivity contribution in [2.45, 2.75) is 13.0 Å². The first-order valence-electron chi connectivity index (χ1n) is 5.65. The molecule has 0 saturated heterocycles. The summed E-state index contributed by atoms with van der Waals surface area (Å²) in [6, 6.07) is 3.58. The summed E-state index contributed by atoms with van der Waals surface area (Å²) in [5.41, 5.74) is 1.01. The average Bonchev–Trinajstić information content (AvgIpc) is 2.31. The largest absolute Gasteiger partial charge is 0.480 e. The Morgan fingerprint density at radius 3 is 2.72 bits per heavy atom. The Kier molecular flexibility index (Phi) is 5.25. The van der Waals surface area contributed by atoms with Gasteiger partial charge in [0.15, 0.2) is 0 Å². The van der Waals surface area contributed by atoms with Crippen LogP contribution in [0, 0.1) is 12.7 Å². The molecule has 1 N–H and O–H groups in total. The van der Waals surface area contributed by atoms with Crippen LogP contribution in [0.3, 0.4) is 0 Å². The number of carbonyl (C=O) groups is 1. The van der Waals surface area contributed by atoms with E-state index < -0.39 is 12.0 Å². The molecular weight excluding hydrogens is 237 g/mol. The van der Waals surface area contributed by atoms with E-state index in [1.807, 2.05) is 0 Å². The third kappa shape index (κ3) is 3.51. The van der Waals surface area contributed by atoms with Crippen LogP contribution in [0.15, 0.2) is 18.2 Å². The summed E-state index contributed by atoms with van der Waals surface area (Å²) in [7, 11) is 3.27. The Bertz CT molecular complexity index is 423. The lowest BCUT2D eigenvalue weighted by Crippen LogP contribution is -2.33. The van der Waals surface area contributed by atoms with E-state index in [0.29, 0.717) is 24.3 Å². The van der Waals surface area contributed by atoms with E-state index in [2.05, 4.69) is 0 Å². The number of aliphatic carboxylic acids is 1. The molecule has 0 heterocycles. The molecule has 0 radical (unpaired) electrons. The molecule has 100 valence electrons. The summed E-state index contributed by atoms with van der Waals surface area (Å²) in [6.45, 7) is 2.55. The maximum atomic E-state index is 13.2. The first kappa shape index (κ1) is 14.6. The summed E-state index contributed by atoms with van der Waals surface area (Å²) in [5, 5.41) is 9.28. The van der Waals surface area contributed by atoms with Crippen LogP contribution >= 0.6 is 0 Å². The van der Waals surface area contributed by atoms with Crippen LogP contribution in [0.4, 0.5) is 4.39 Å². The Labute approximate surface area is 106 Å². The molecule has 1 aromatic rings. The SMILES string of the molecule is COCCN(C)[C@@H](C(=O)O)c1ccc(F)c(C)c1. The number of likely N-dealkylation sites (N-methyl/N-ethyl adjacent to an activating group) is 1. The molecule has 0 aliphatic carbocycles. The number of aryl methyl sites for hydroxylation is 1. The van der Waals surface area contributed by atoms with Crippen molar-refractivity contribution in [3.8, 4) is 0 Å². The molecule has 1 aromatic carbocycles. The highest BCUT2D eigenvalue weighted by Crippen LogP contribution is 2.21. The van der Waals surface area contributed by atoms with Crippen LogP contribution in [0.2, 0.25) is 0 Å². The first-order valence-corrected chi connectivity index (χ1v) is 5.65. The van der Waals surface area contributed by atoms with Gasteiger partial charge in [0.1, 0.15) is 11.9 Å². The van der Waals surface area contributed by atoms with Gasteiger partial charge in [-0.1, -0.05) is 12.1 Å². The molecule has 1 rings (SSSR count). The van der Waals surface area contributed by atoms with Crippen LogP contribution in [0.5, 0.6) is 0 Å². The van der Waals surface area contributed by atoms with Crippen molar-refractivity contribution < 1.29 is 19.0 Å². The molecule has 0 aromatic heterocycles. The van der Waals surface area contributed by atoms with Gasteiger partial charge >= 0.3 is 5.97 Å². The molecule has 0 unspecified atom stereocenters. The zero-order valence-corrected chi connectivity index (χ0v) is 10.8. The third-order valence-corrected chi connectivity index (χ3v) is 2.82. The minimum Gasteiger partial charge on any atom is -0.480 e. The van der Waals surface area contributed by atoms with E-state index >= 15 is 0 Å². The van der Waals surface area contributed by atoms with Gasteiger partial charge in [0.05, 0.1) is 6.61 Å². The minimum absolute atomic E-state index is 0.331. The molecule has 18 heavy (non-hydrogen) atoms. The van der Waals surface area contributed by atoms with E-state index in [0.717, 1.165) is 0 Å². The second-order valence-electron chi connectivity index (χ2n) is 4.22. The van der Waals surface area contributed by atoms with Crippen molar-refractivity contribution in [2.75, 3.05) is 27.3 Å². The number of halogens is 1. The molecule has 0 aliphatic rings. The topological polar surface area (TPSA) is 49.8 Å². The van der Waals surface area contributed by atoms with Gasteiger partial charge < -0.3 is 9.84 Å². The van der Waals surface area contributed by atoms with Gasteiger partial charge in [0.2, 0.25) is 0 Å². The number of ether oxygens (including phenoxy) is 1. The van der Waals surface area contributed by atoms with E-state index in [1.165, 1.54) is 12.1 Å². The Hall–Kier alpha value is -1.46. The molecule has 1 atom stereocenters. The minimum atomic E-state index is -0.959. The summed E-state index contributed by atoms with van der Waals surface area (Å²) in [4.78, 5) is 13.0. The van der Waals surface area contributed by atoms with Crippen molar-refractivity contribution in [3.63, 3.8) is 0 Å². The van der Waals surface area contributed by atoms with Crippen molar-refractivity contribution >= 4 is 5.97 Å². The number of carboxylic acids is 1. The molecule has 0 amide bonds. The van der Waals surface area contributed by atoms with Gasteiger partial charge in [-0.15, -0.1) is 0 Å². The number of nitrogens with zero attached hydrogens (tertiary/aromatic N) is 1. The van der Waals surface area contributed by atoms with E-state index in [-0.39, 0.29) is 5.82 Å². The number of methoxy groups -OCH3 is 1. The first-order chi connectivity index (χ1) is 8.47. The van der Waals surface area contributed by atoms with Crippen LogP contribution in [0.1, 0.15) is 17.2 Å². The molecular formula is C13H18FNO3. The average molecular weight is 255 g/mol. The van der Waals surface area contributed by atoms with Crippen molar-refractivity contribution in [1.29, 1.82) is 0 Å². The van der Waals surface area contributed by atoms with Gasteiger partial charge in [0, 0.05) is 13.7 Å². The molecule has 0 fully saturated rings. The molecule has 0 saturated carbocycles. The predicted molar refractivity (Wildman–Crippen MR) is 66.0 cm³/mol. The Balaban J connectivity index is 2.97. The van der Waals surface area contributed by atoms with E-state index in [1.54, 1.807) is 32.0 Å². The summed E-state index contributed by atoms with van der Waals surface area (Å²) in [6.07, 6.45) is 0. The Morgan fingerprint density at radius 2 is 2.22 bits per heavy atom. The molecule has 0 aliphatic heterocycles. The second-order valence-corrected chi connectivity index (χ2v) is 4.22. The number of hydrogen-bond acceptors (Lipinski definition) is 3. The quantitative estimate of drug-likeness (QED) is 0.842. The van der Waals surface area contributed by atoms with Gasteiger partial charge in [0.25, 0.3) is 0 Å². The highest BCUT2D eigenvalue weighted by atomic mass is 19.1. The maximum absolute atomic E-state index is 13.2. The fraction of sp³-hybridized carbons (Fsp3) is 0.462. The summed E-state index contributed by atoms with van der Waals surface area (Å²) >= 11 is 0. The molecule has 0 bridgehead atoms. The summed E-state index contributed by atoms with van der Waals surface area (Å²) < 4.78 is 18.1. The third-order valence-electron chi connectivity index (χ3n) is 2.82. The molecule has 4 nitrogen and oxygen atoms in total. The standard InChI is InChI=1S/C13H18FNO3/c1-9-8-10(4-5-11(9)14)12(13(16)17)15(2)6-7-18-3/h4-5,8,12H,6-7H2,1-3H3,(H,16,17)/t12-/m1/s1.